The lowest BCUT2D eigenvalue weighted by Gasteiger charge is -2.12. The van der Waals surface area contributed by atoms with E-state index < -0.39 is 0 Å². The molecule has 29 heavy (non-hydrogen) atoms. The Balaban J connectivity index is 1.46. The number of benzene rings is 1. The van der Waals surface area contributed by atoms with Gasteiger partial charge in [-0.25, -0.2) is 0 Å². The third-order valence-electron chi connectivity index (χ3n) is 5.21. The highest BCUT2D eigenvalue weighted by atomic mass is 16.1. The molecule has 1 aromatic carbocycles. The molecular weight excluding hydrogens is 364 g/mol. The molecule has 0 radical (unpaired) electrons. The minimum atomic E-state index is 0.0150. The Morgan fingerprint density at radius 2 is 2.07 bits per heavy atom. The SMILES string of the molecule is CC(=O)C1=Cc2cc(NCc3cc(CC(=O)c4ccn[nH]4)ccc3C)cnc2C1. The molecule has 146 valence electrons. The number of aryl methyl sites for hydroxylation is 1. The van der Waals surface area contributed by atoms with Crippen LogP contribution in [0.15, 0.2) is 48.3 Å². The fraction of sp³-hybridized carbons (Fsp3) is 0.217. The summed E-state index contributed by atoms with van der Waals surface area (Å²) in [6.07, 6.45) is 6.24. The van der Waals surface area contributed by atoms with Gasteiger partial charge in [0, 0.05) is 31.2 Å². The molecule has 1 aliphatic rings. The second-order valence-electron chi connectivity index (χ2n) is 7.35. The quantitative estimate of drug-likeness (QED) is 0.605. The van der Waals surface area contributed by atoms with Gasteiger partial charge in [0.2, 0.25) is 0 Å². The summed E-state index contributed by atoms with van der Waals surface area (Å²) in [5.41, 5.74) is 7.41. The normalized spacial score (nSPS) is 12.4. The highest BCUT2D eigenvalue weighted by Gasteiger charge is 2.17. The third kappa shape index (κ3) is 4.16. The van der Waals surface area contributed by atoms with Gasteiger partial charge in [-0.1, -0.05) is 18.2 Å². The number of pyridine rings is 1. The summed E-state index contributed by atoms with van der Waals surface area (Å²) in [6, 6.07) is 9.80. The van der Waals surface area contributed by atoms with Crippen molar-refractivity contribution in [1.29, 1.82) is 0 Å². The lowest BCUT2D eigenvalue weighted by Crippen LogP contribution is -2.07. The minimum Gasteiger partial charge on any atom is -0.380 e. The average Bonchev–Trinajstić information content (AvgIpc) is 3.38. The lowest BCUT2D eigenvalue weighted by molar-refractivity contribution is -0.113. The Labute approximate surface area is 169 Å². The number of nitrogens with zero attached hydrogens (tertiary/aromatic N) is 2. The zero-order chi connectivity index (χ0) is 20.4. The standard InChI is InChI=1S/C23H22N4O2/c1-14-3-4-16(8-23(29)21-5-6-26-27-21)7-19(14)12-24-20-10-18-9-17(15(2)28)11-22(18)25-13-20/h3-7,9-10,13,24H,8,11-12H2,1-2H3,(H,26,27). The maximum absolute atomic E-state index is 12.3. The van der Waals surface area contributed by atoms with E-state index in [2.05, 4.69) is 33.5 Å². The van der Waals surface area contributed by atoms with E-state index >= 15 is 0 Å². The van der Waals surface area contributed by atoms with Crippen LogP contribution in [0, 0.1) is 6.92 Å². The third-order valence-corrected chi connectivity index (χ3v) is 5.21. The summed E-state index contributed by atoms with van der Waals surface area (Å²) in [5.74, 6) is 0.107. The van der Waals surface area contributed by atoms with Crippen LogP contribution in [0.4, 0.5) is 5.69 Å². The van der Waals surface area contributed by atoms with Gasteiger partial charge in [-0.3, -0.25) is 19.7 Å². The van der Waals surface area contributed by atoms with Crippen molar-refractivity contribution in [2.45, 2.75) is 33.2 Å². The molecule has 0 saturated heterocycles. The van der Waals surface area contributed by atoms with Crippen LogP contribution < -0.4 is 5.32 Å². The molecule has 2 N–H and O–H groups in total. The van der Waals surface area contributed by atoms with Gasteiger partial charge >= 0.3 is 0 Å². The Morgan fingerprint density at radius 3 is 2.83 bits per heavy atom. The number of H-pyrrole nitrogens is 1. The minimum absolute atomic E-state index is 0.0150. The van der Waals surface area contributed by atoms with Crippen LogP contribution in [-0.2, 0) is 24.2 Å². The number of fused-ring (bicyclic) bond motifs is 1. The van der Waals surface area contributed by atoms with Crippen molar-refractivity contribution in [3.63, 3.8) is 0 Å². The first kappa shape index (κ1) is 18.8. The van der Waals surface area contributed by atoms with Crippen molar-refractivity contribution in [2.24, 2.45) is 0 Å². The van der Waals surface area contributed by atoms with Gasteiger partial charge in [0.25, 0.3) is 0 Å². The first-order valence-corrected chi connectivity index (χ1v) is 9.55. The zero-order valence-electron chi connectivity index (χ0n) is 16.5. The van der Waals surface area contributed by atoms with Crippen molar-refractivity contribution in [3.05, 3.63) is 81.9 Å². The maximum atomic E-state index is 12.3. The van der Waals surface area contributed by atoms with Gasteiger partial charge < -0.3 is 5.32 Å². The molecular formula is C23H22N4O2. The highest BCUT2D eigenvalue weighted by molar-refractivity contribution is 6.00. The number of hydrogen-bond acceptors (Lipinski definition) is 5. The number of carbonyl (C=O) groups excluding carboxylic acids is 2. The van der Waals surface area contributed by atoms with Gasteiger partial charge in [-0.2, -0.15) is 5.10 Å². The largest absolute Gasteiger partial charge is 0.380 e. The van der Waals surface area contributed by atoms with Crippen molar-refractivity contribution >= 4 is 23.3 Å². The second kappa shape index (κ2) is 7.83. The number of hydrogen-bond donors (Lipinski definition) is 2. The molecule has 0 saturated carbocycles. The summed E-state index contributed by atoms with van der Waals surface area (Å²) in [7, 11) is 0. The van der Waals surface area contributed by atoms with E-state index in [-0.39, 0.29) is 11.6 Å². The van der Waals surface area contributed by atoms with E-state index in [1.165, 1.54) is 0 Å². The molecule has 6 heteroatoms. The molecule has 0 amide bonds. The van der Waals surface area contributed by atoms with Gasteiger partial charge in [0.05, 0.1) is 17.6 Å². The second-order valence-corrected chi connectivity index (χ2v) is 7.35. The van der Waals surface area contributed by atoms with Gasteiger partial charge in [0.1, 0.15) is 5.69 Å². The van der Waals surface area contributed by atoms with E-state index in [1.807, 2.05) is 24.3 Å². The van der Waals surface area contributed by atoms with Crippen molar-refractivity contribution in [2.75, 3.05) is 5.32 Å². The van der Waals surface area contributed by atoms with E-state index in [4.69, 9.17) is 0 Å². The summed E-state index contributed by atoms with van der Waals surface area (Å²) >= 11 is 0. The maximum Gasteiger partial charge on any atom is 0.184 e. The summed E-state index contributed by atoms with van der Waals surface area (Å²) in [5, 5.41) is 9.96. The van der Waals surface area contributed by atoms with Gasteiger partial charge in [-0.15, -0.1) is 0 Å². The van der Waals surface area contributed by atoms with Crippen LogP contribution in [-0.4, -0.2) is 26.7 Å². The van der Waals surface area contributed by atoms with E-state index in [0.29, 0.717) is 25.1 Å². The number of Topliss-reactive ketones (excluding diaryl/α,β-unsaturated/α-hetero) is 2. The Morgan fingerprint density at radius 1 is 1.21 bits per heavy atom. The first-order valence-electron chi connectivity index (χ1n) is 9.55. The van der Waals surface area contributed by atoms with Gasteiger partial charge in [0.15, 0.2) is 11.6 Å². The molecule has 0 unspecified atom stereocenters. The number of nitrogens with one attached hydrogen (secondary N) is 2. The van der Waals surface area contributed by atoms with Gasteiger partial charge in [-0.05, 0) is 54.3 Å². The molecule has 0 spiro atoms. The molecule has 6 nitrogen and oxygen atoms in total. The van der Waals surface area contributed by atoms with Crippen LogP contribution in [0.1, 0.15) is 45.4 Å². The van der Waals surface area contributed by atoms with Crippen LogP contribution in [0.2, 0.25) is 0 Å². The molecule has 0 atom stereocenters. The van der Waals surface area contributed by atoms with Crippen LogP contribution >= 0.6 is 0 Å². The fourth-order valence-electron chi connectivity index (χ4n) is 3.44. The molecule has 0 bridgehead atoms. The molecule has 1 aliphatic carbocycles. The van der Waals surface area contributed by atoms with Crippen LogP contribution in [0.25, 0.3) is 6.08 Å². The zero-order valence-corrected chi connectivity index (χ0v) is 16.5. The molecule has 4 rings (SSSR count). The number of rotatable bonds is 7. The summed E-state index contributed by atoms with van der Waals surface area (Å²) in [4.78, 5) is 28.4. The molecule has 0 fully saturated rings. The number of aromatic nitrogens is 3. The predicted octanol–water partition coefficient (Wildman–Crippen LogP) is 3.68. The Bertz CT molecular complexity index is 1110. The molecule has 3 aromatic rings. The Kier molecular flexibility index (Phi) is 5.08. The smallest absolute Gasteiger partial charge is 0.184 e. The summed E-state index contributed by atoms with van der Waals surface area (Å²) in [6.45, 7) is 4.27. The van der Waals surface area contributed by atoms with Crippen LogP contribution in [0.3, 0.4) is 0 Å². The number of aromatic amines is 1. The van der Waals surface area contributed by atoms with Crippen molar-refractivity contribution in [3.8, 4) is 0 Å². The monoisotopic (exact) mass is 386 g/mol. The molecule has 2 aromatic heterocycles. The van der Waals surface area contributed by atoms with Crippen molar-refractivity contribution < 1.29 is 9.59 Å². The Hall–Kier alpha value is -3.54. The number of ketones is 2. The lowest BCUT2D eigenvalue weighted by atomic mass is 10.0. The topological polar surface area (TPSA) is 87.7 Å². The molecule has 2 heterocycles. The first-order chi connectivity index (χ1) is 14.0. The molecule has 0 aliphatic heterocycles. The number of anilines is 1. The number of carbonyl (C=O) groups is 2. The predicted molar refractivity (Wildman–Crippen MR) is 112 cm³/mol. The van der Waals surface area contributed by atoms with E-state index in [1.54, 1.807) is 25.4 Å². The number of allylic oxidation sites excluding steroid dienone is 1. The van der Waals surface area contributed by atoms with E-state index in [9.17, 15) is 9.59 Å². The van der Waals surface area contributed by atoms with Crippen molar-refractivity contribution in [1.82, 2.24) is 15.2 Å². The average molecular weight is 386 g/mol. The van der Waals surface area contributed by atoms with E-state index in [0.717, 1.165) is 39.2 Å². The summed E-state index contributed by atoms with van der Waals surface area (Å²) < 4.78 is 0. The highest BCUT2D eigenvalue weighted by Crippen LogP contribution is 2.26. The fourth-order valence-corrected chi connectivity index (χ4v) is 3.44. The van der Waals surface area contributed by atoms with Crippen LogP contribution in [0.5, 0.6) is 0 Å².